The third-order valence-electron chi connectivity index (χ3n) is 4.48. The summed E-state index contributed by atoms with van der Waals surface area (Å²) in [6.07, 6.45) is 7.80. The summed E-state index contributed by atoms with van der Waals surface area (Å²) in [4.78, 5) is 14.4. The van der Waals surface area contributed by atoms with Gasteiger partial charge in [-0.1, -0.05) is 40.0 Å². The Morgan fingerprint density at radius 3 is 2.72 bits per heavy atom. The summed E-state index contributed by atoms with van der Waals surface area (Å²) in [5.41, 5.74) is 0. The fourth-order valence-electron chi connectivity index (χ4n) is 3.51. The zero-order valence-electron chi connectivity index (χ0n) is 12.1. The highest BCUT2D eigenvalue weighted by Crippen LogP contribution is 2.30. The molecule has 1 saturated carbocycles. The Morgan fingerprint density at radius 2 is 2.00 bits per heavy atom. The molecule has 0 bridgehead atoms. The van der Waals surface area contributed by atoms with Crippen molar-refractivity contribution in [2.45, 2.75) is 71.5 Å². The summed E-state index contributed by atoms with van der Waals surface area (Å²) in [6.45, 7) is 7.34. The van der Waals surface area contributed by atoms with E-state index in [4.69, 9.17) is 0 Å². The minimum absolute atomic E-state index is 0.281. The first-order valence-corrected chi connectivity index (χ1v) is 7.64. The minimum Gasteiger partial charge on any atom is -0.323 e. The average molecular weight is 252 g/mol. The summed E-state index contributed by atoms with van der Waals surface area (Å²) in [7, 11) is 0. The van der Waals surface area contributed by atoms with Crippen molar-refractivity contribution >= 4 is 5.91 Å². The van der Waals surface area contributed by atoms with Gasteiger partial charge in [-0.05, 0) is 31.1 Å². The molecule has 18 heavy (non-hydrogen) atoms. The van der Waals surface area contributed by atoms with Crippen LogP contribution in [-0.4, -0.2) is 29.6 Å². The Bertz CT molecular complexity index is 290. The van der Waals surface area contributed by atoms with Crippen LogP contribution in [0.4, 0.5) is 0 Å². The average Bonchev–Trinajstić information content (AvgIpc) is 2.52. The van der Waals surface area contributed by atoms with Crippen molar-refractivity contribution in [1.82, 2.24) is 10.2 Å². The lowest BCUT2D eigenvalue weighted by Gasteiger charge is -2.36. The molecule has 3 nitrogen and oxygen atoms in total. The monoisotopic (exact) mass is 252 g/mol. The van der Waals surface area contributed by atoms with E-state index in [1.54, 1.807) is 0 Å². The van der Waals surface area contributed by atoms with Gasteiger partial charge in [0.25, 0.3) is 0 Å². The molecule has 1 amide bonds. The number of nitrogens with one attached hydrogen (secondary N) is 1. The lowest BCUT2D eigenvalue weighted by atomic mass is 9.94. The molecule has 2 aliphatic rings. The Morgan fingerprint density at radius 1 is 1.28 bits per heavy atom. The Labute approximate surface area is 111 Å². The van der Waals surface area contributed by atoms with Crippen LogP contribution in [-0.2, 0) is 4.79 Å². The summed E-state index contributed by atoms with van der Waals surface area (Å²) in [5.74, 6) is 1.61. The molecule has 0 spiro atoms. The van der Waals surface area contributed by atoms with Gasteiger partial charge >= 0.3 is 0 Å². The van der Waals surface area contributed by atoms with Crippen LogP contribution >= 0.6 is 0 Å². The van der Waals surface area contributed by atoms with Gasteiger partial charge in [0.2, 0.25) is 5.91 Å². The smallest absolute Gasteiger partial charge is 0.238 e. The zero-order valence-corrected chi connectivity index (χ0v) is 12.1. The molecule has 0 radical (unpaired) electrons. The van der Waals surface area contributed by atoms with Crippen molar-refractivity contribution in [2.24, 2.45) is 11.8 Å². The zero-order chi connectivity index (χ0) is 13.1. The van der Waals surface area contributed by atoms with E-state index in [1.165, 1.54) is 32.1 Å². The highest BCUT2D eigenvalue weighted by Gasteiger charge is 2.38. The van der Waals surface area contributed by atoms with Crippen molar-refractivity contribution in [2.75, 3.05) is 6.54 Å². The largest absolute Gasteiger partial charge is 0.323 e. The molecule has 1 N–H and O–H groups in total. The van der Waals surface area contributed by atoms with E-state index >= 15 is 0 Å². The molecular weight excluding hydrogens is 224 g/mol. The maximum Gasteiger partial charge on any atom is 0.238 e. The summed E-state index contributed by atoms with van der Waals surface area (Å²) in [6, 6.07) is 0.471. The van der Waals surface area contributed by atoms with Crippen LogP contribution in [0.3, 0.4) is 0 Å². The van der Waals surface area contributed by atoms with E-state index in [0.717, 1.165) is 6.42 Å². The quantitative estimate of drug-likeness (QED) is 0.783. The van der Waals surface area contributed by atoms with E-state index in [1.807, 2.05) is 0 Å². The minimum atomic E-state index is 0.281. The first kappa shape index (κ1) is 13.9. The molecule has 1 saturated heterocycles. The van der Waals surface area contributed by atoms with Crippen molar-refractivity contribution in [3.8, 4) is 0 Å². The summed E-state index contributed by atoms with van der Waals surface area (Å²) >= 11 is 0. The van der Waals surface area contributed by atoms with E-state index in [2.05, 4.69) is 31.0 Å². The van der Waals surface area contributed by atoms with Gasteiger partial charge in [0, 0.05) is 6.04 Å². The highest BCUT2D eigenvalue weighted by atomic mass is 16.2. The van der Waals surface area contributed by atoms with Crippen LogP contribution in [0, 0.1) is 11.8 Å². The third-order valence-corrected chi connectivity index (χ3v) is 4.48. The Hall–Kier alpha value is -0.570. The number of nitrogens with zero attached hydrogens (tertiary/aromatic N) is 1. The van der Waals surface area contributed by atoms with Crippen molar-refractivity contribution in [3.63, 3.8) is 0 Å². The maximum atomic E-state index is 12.2. The van der Waals surface area contributed by atoms with E-state index in [9.17, 15) is 4.79 Å². The second-order valence-corrected chi connectivity index (χ2v) is 6.51. The number of carbonyl (C=O) groups excluding carboxylic acids is 1. The fourth-order valence-corrected chi connectivity index (χ4v) is 3.51. The molecule has 1 heterocycles. The van der Waals surface area contributed by atoms with E-state index in [-0.39, 0.29) is 6.17 Å². The van der Waals surface area contributed by atoms with Gasteiger partial charge in [0.15, 0.2) is 0 Å². The third kappa shape index (κ3) is 3.05. The normalized spacial score (nSPS) is 34.1. The number of rotatable bonds is 3. The molecular formula is C15H28N2O. The number of hydrogen-bond donors (Lipinski definition) is 1. The SMILES string of the molecule is CC(C)CC1NCC(=O)N1C1CCCCCC1C. The van der Waals surface area contributed by atoms with Gasteiger partial charge in [-0.15, -0.1) is 0 Å². The van der Waals surface area contributed by atoms with Crippen molar-refractivity contribution in [3.05, 3.63) is 0 Å². The van der Waals surface area contributed by atoms with Crippen LogP contribution in [0.5, 0.6) is 0 Å². The predicted molar refractivity (Wildman–Crippen MR) is 74.1 cm³/mol. The molecule has 1 aliphatic heterocycles. The predicted octanol–water partition coefficient (Wildman–Crippen LogP) is 2.76. The van der Waals surface area contributed by atoms with E-state index < -0.39 is 0 Å². The van der Waals surface area contributed by atoms with E-state index in [0.29, 0.717) is 30.3 Å². The van der Waals surface area contributed by atoms with Gasteiger partial charge < -0.3 is 4.90 Å². The van der Waals surface area contributed by atoms with Crippen molar-refractivity contribution < 1.29 is 4.79 Å². The highest BCUT2D eigenvalue weighted by molar-refractivity contribution is 5.81. The topological polar surface area (TPSA) is 32.3 Å². The van der Waals surface area contributed by atoms with Crippen LogP contribution in [0.1, 0.15) is 59.3 Å². The molecule has 104 valence electrons. The summed E-state index contributed by atoms with van der Waals surface area (Å²) in [5, 5.41) is 3.40. The second-order valence-electron chi connectivity index (χ2n) is 6.51. The molecule has 0 aromatic carbocycles. The van der Waals surface area contributed by atoms with Gasteiger partial charge in [0.05, 0.1) is 12.7 Å². The van der Waals surface area contributed by atoms with Gasteiger partial charge in [-0.2, -0.15) is 0 Å². The molecule has 3 atom stereocenters. The molecule has 2 rings (SSSR count). The standard InChI is InChI=1S/C15H28N2O/c1-11(2)9-14-16-10-15(18)17(14)13-8-6-4-5-7-12(13)3/h11-14,16H,4-10H2,1-3H3. The Balaban J connectivity index is 2.08. The summed E-state index contributed by atoms with van der Waals surface area (Å²) < 4.78 is 0. The first-order valence-electron chi connectivity index (χ1n) is 7.64. The molecule has 3 heteroatoms. The van der Waals surface area contributed by atoms with Crippen LogP contribution < -0.4 is 5.32 Å². The van der Waals surface area contributed by atoms with Gasteiger partial charge in [-0.3, -0.25) is 10.1 Å². The van der Waals surface area contributed by atoms with Crippen LogP contribution in [0.2, 0.25) is 0 Å². The molecule has 1 aliphatic carbocycles. The molecule has 0 aromatic heterocycles. The molecule has 3 unspecified atom stereocenters. The Kier molecular flexibility index (Phi) is 4.66. The fraction of sp³-hybridized carbons (Fsp3) is 0.933. The number of amides is 1. The number of carbonyl (C=O) groups is 1. The number of hydrogen-bond acceptors (Lipinski definition) is 2. The van der Waals surface area contributed by atoms with Gasteiger partial charge in [-0.25, -0.2) is 0 Å². The second kappa shape index (κ2) is 6.05. The van der Waals surface area contributed by atoms with Gasteiger partial charge in [0.1, 0.15) is 0 Å². The lowest BCUT2D eigenvalue weighted by Crippen LogP contribution is -2.47. The van der Waals surface area contributed by atoms with Crippen LogP contribution in [0.15, 0.2) is 0 Å². The van der Waals surface area contributed by atoms with Crippen LogP contribution in [0.25, 0.3) is 0 Å². The molecule has 2 fully saturated rings. The first-order chi connectivity index (χ1) is 8.59. The molecule has 0 aromatic rings. The lowest BCUT2D eigenvalue weighted by molar-refractivity contribution is -0.131. The van der Waals surface area contributed by atoms with Crippen molar-refractivity contribution in [1.29, 1.82) is 0 Å². The maximum absolute atomic E-state index is 12.2.